The molecule has 2 atom stereocenters. The van der Waals surface area contributed by atoms with Gasteiger partial charge in [0.25, 0.3) is 0 Å². The summed E-state index contributed by atoms with van der Waals surface area (Å²) in [5.74, 6) is -0.153. The van der Waals surface area contributed by atoms with Crippen molar-refractivity contribution in [3.8, 4) is 5.69 Å². The molecule has 0 aliphatic carbocycles. The Kier molecular flexibility index (Phi) is 5.57. The number of urea groups is 1. The summed E-state index contributed by atoms with van der Waals surface area (Å²) >= 11 is 0. The van der Waals surface area contributed by atoms with Crippen molar-refractivity contribution in [1.29, 1.82) is 0 Å². The zero-order chi connectivity index (χ0) is 17.7. The molecular weight excluding hydrogens is 306 g/mol. The number of carbonyl (C=O) groups excluding carboxylic acids is 2. The largest absolute Gasteiger partial charge is 0.347 e. The maximum absolute atomic E-state index is 12.1. The van der Waals surface area contributed by atoms with E-state index in [1.54, 1.807) is 33.5 Å². The van der Waals surface area contributed by atoms with Crippen molar-refractivity contribution in [2.75, 3.05) is 14.1 Å². The summed E-state index contributed by atoms with van der Waals surface area (Å²) in [6.07, 6.45) is 5.29. The molecule has 1 aromatic carbocycles. The van der Waals surface area contributed by atoms with E-state index >= 15 is 0 Å². The first-order valence-corrected chi connectivity index (χ1v) is 7.75. The van der Waals surface area contributed by atoms with E-state index in [1.165, 1.54) is 4.90 Å². The standard InChI is InChI=1S/C17H23N5O2/c1-12(19-17(24)20-13(2)16(23)21(3)4)14-6-5-7-15(10-14)22-9-8-18-11-22/h5-13H,1-4H3,(H2,19,20,24)/t12-,13+/m1/s1. The SMILES string of the molecule is C[C@H](NC(=O)N[C@H](C)c1cccc(-n2ccnc2)c1)C(=O)N(C)C. The Bertz CT molecular complexity index is 697. The molecule has 2 N–H and O–H groups in total. The summed E-state index contributed by atoms with van der Waals surface area (Å²) in [4.78, 5) is 29.3. The number of rotatable bonds is 5. The fourth-order valence-electron chi connectivity index (χ4n) is 2.33. The molecule has 0 radical (unpaired) electrons. The van der Waals surface area contributed by atoms with E-state index in [0.29, 0.717) is 0 Å². The average molecular weight is 329 g/mol. The summed E-state index contributed by atoms with van der Waals surface area (Å²) in [6.45, 7) is 3.55. The molecule has 3 amide bonds. The van der Waals surface area contributed by atoms with Crippen LogP contribution in [0, 0.1) is 0 Å². The van der Waals surface area contributed by atoms with Gasteiger partial charge in [0.1, 0.15) is 6.04 Å². The molecule has 2 aromatic rings. The second-order valence-electron chi connectivity index (χ2n) is 5.86. The first-order chi connectivity index (χ1) is 11.4. The Morgan fingerprint density at radius 1 is 1.21 bits per heavy atom. The van der Waals surface area contributed by atoms with E-state index in [2.05, 4.69) is 15.6 Å². The number of hydrogen-bond acceptors (Lipinski definition) is 3. The van der Waals surface area contributed by atoms with Crippen LogP contribution >= 0.6 is 0 Å². The fraction of sp³-hybridized carbons (Fsp3) is 0.353. The Morgan fingerprint density at radius 3 is 2.58 bits per heavy atom. The topological polar surface area (TPSA) is 79.3 Å². The normalized spacial score (nSPS) is 13.0. The molecule has 0 aliphatic heterocycles. The van der Waals surface area contributed by atoms with Crippen molar-refractivity contribution in [3.63, 3.8) is 0 Å². The Hall–Kier alpha value is -2.83. The van der Waals surface area contributed by atoms with Crippen LogP contribution in [0.15, 0.2) is 43.0 Å². The van der Waals surface area contributed by atoms with Gasteiger partial charge in [-0.3, -0.25) is 4.79 Å². The molecular formula is C17H23N5O2. The van der Waals surface area contributed by atoms with Crippen LogP contribution in [0.1, 0.15) is 25.5 Å². The molecule has 0 saturated heterocycles. The number of benzene rings is 1. The van der Waals surface area contributed by atoms with Gasteiger partial charge in [-0.2, -0.15) is 0 Å². The number of carbonyl (C=O) groups is 2. The number of hydrogen-bond donors (Lipinski definition) is 2. The second-order valence-corrected chi connectivity index (χ2v) is 5.86. The number of likely N-dealkylation sites (N-methyl/N-ethyl adjacent to an activating group) is 1. The molecule has 0 aliphatic rings. The summed E-state index contributed by atoms with van der Waals surface area (Å²) < 4.78 is 1.90. The zero-order valence-corrected chi connectivity index (χ0v) is 14.4. The van der Waals surface area contributed by atoms with Crippen molar-refractivity contribution in [2.45, 2.75) is 25.9 Å². The van der Waals surface area contributed by atoms with E-state index in [1.807, 2.05) is 42.0 Å². The van der Waals surface area contributed by atoms with E-state index in [0.717, 1.165) is 11.3 Å². The Labute approximate surface area is 141 Å². The zero-order valence-electron chi connectivity index (χ0n) is 14.4. The summed E-state index contributed by atoms with van der Waals surface area (Å²) in [7, 11) is 3.31. The van der Waals surface area contributed by atoms with Crippen molar-refractivity contribution < 1.29 is 9.59 Å². The fourth-order valence-corrected chi connectivity index (χ4v) is 2.33. The van der Waals surface area contributed by atoms with Crippen LogP contribution in [0.3, 0.4) is 0 Å². The highest BCUT2D eigenvalue weighted by molar-refractivity contribution is 5.86. The van der Waals surface area contributed by atoms with E-state index in [9.17, 15) is 9.59 Å². The molecule has 0 fully saturated rings. The number of aromatic nitrogens is 2. The molecule has 24 heavy (non-hydrogen) atoms. The number of nitrogens with one attached hydrogen (secondary N) is 2. The van der Waals surface area contributed by atoms with Gasteiger partial charge >= 0.3 is 6.03 Å². The maximum Gasteiger partial charge on any atom is 0.315 e. The van der Waals surface area contributed by atoms with Crippen LogP contribution in [-0.4, -0.2) is 46.5 Å². The molecule has 7 nitrogen and oxygen atoms in total. The summed E-state index contributed by atoms with van der Waals surface area (Å²) in [5, 5.41) is 5.50. The van der Waals surface area contributed by atoms with Gasteiger partial charge in [0.15, 0.2) is 0 Å². The highest BCUT2D eigenvalue weighted by Gasteiger charge is 2.18. The quantitative estimate of drug-likeness (QED) is 0.876. The van der Waals surface area contributed by atoms with Crippen molar-refractivity contribution in [3.05, 3.63) is 48.5 Å². The summed E-state index contributed by atoms with van der Waals surface area (Å²) in [6, 6.07) is 6.67. The van der Waals surface area contributed by atoms with Gasteiger partial charge in [-0.15, -0.1) is 0 Å². The lowest BCUT2D eigenvalue weighted by atomic mass is 10.1. The smallest absolute Gasteiger partial charge is 0.315 e. The van der Waals surface area contributed by atoms with Gasteiger partial charge in [0, 0.05) is 32.2 Å². The predicted octanol–water partition coefficient (Wildman–Crippen LogP) is 1.71. The van der Waals surface area contributed by atoms with Crippen LogP contribution in [0.25, 0.3) is 5.69 Å². The first-order valence-electron chi connectivity index (χ1n) is 7.75. The van der Waals surface area contributed by atoms with Crippen LogP contribution in [0.4, 0.5) is 4.79 Å². The van der Waals surface area contributed by atoms with E-state index < -0.39 is 6.04 Å². The number of amides is 3. The third-order valence-electron chi connectivity index (χ3n) is 3.68. The molecule has 7 heteroatoms. The van der Waals surface area contributed by atoms with Gasteiger partial charge in [0.05, 0.1) is 12.4 Å². The number of nitrogens with zero attached hydrogens (tertiary/aromatic N) is 3. The van der Waals surface area contributed by atoms with E-state index in [-0.39, 0.29) is 18.0 Å². The second kappa shape index (κ2) is 7.63. The van der Waals surface area contributed by atoms with Gasteiger partial charge in [0.2, 0.25) is 5.91 Å². The third kappa shape index (κ3) is 4.34. The van der Waals surface area contributed by atoms with E-state index in [4.69, 9.17) is 0 Å². The van der Waals surface area contributed by atoms with Crippen molar-refractivity contribution in [2.24, 2.45) is 0 Å². The van der Waals surface area contributed by atoms with Crippen molar-refractivity contribution in [1.82, 2.24) is 25.1 Å². The maximum atomic E-state index is 12.1. The molecule has 0 unspecified atom stereocenters. The Morgan fingerprint density at radius 2 is 1.96 bits per heavy atom. The molecule has 128 valence electrons. The number of imidazole rings is 1. The van der Waals surface area contributed by atoms with Gasteiger partial charge in [-0.05, 0) is 31.5 Å². The predicted molar refractivity (Wildman–Crippen MR) is 91.8 cm³/mol. The highest BCUT2D eigenvalue weighted by atomic mass is 16.2. The van der Waals surface area contributed by atoms with Crippen LogP contribution in [-0.2, 0) is 4.79 Å². The minimum Gasteiger partial charge on any atom is -0.347 e. The molecule has 0 bridgehead atoms. The first kappa shape index (κ1) is 17.5. The monoisotopic (exact) mass is 329 g/mol. The van der Waals surface area contributed by atoms with Gasteiger partial charge in [-0.25, -0.2) is 9.78 Å². The average Bonchev–Trinajstić information content (AvgIpc) is 3.08. The van der Waals surface area contributed by atoms with Crippen LogP contribution in [0.5, 0.6) is 0 Å². The van der Waals surface area contributed by atoms with Gasteiger partial charge < -0.3 is 20.1 Å². The lowest BCUT2D eigenvalue weighted by Gasteiger charge is -2.20. The molecule has 1 heterocycles. The van der Waals surface area contributed by atoms with Crippen LogP contribution < -0.4 is 10.6 Å². The molecule has 0 saturated carbocycles. The summed E-state index contributed by atoms with van der Waals surface area (Å²) in [5.41, 5.74) is 1.93. The van der Waals surface area contributed by atoms with Crippen LogP contribution in [0.2, 0.25) is 0 Å². The minimum absolute atomic E-state index is 0.153. The minimum atomic E-state index is -0.579. The molecule has 2 rings (SSSR count). The Balaban J connectivity index is 1.99. The van der Waals surface area contributed by atoms with Crippen molar-refractivity contribution >= 4 is 11.9 Å². The lowest BCUT2D eigenvalue weighted by molar-refractivity contribution is -0.130. The van der Waals surface area contributed by atoms with Gasteiger partial charge in [-0.1, -0.05) is 12.1 Å². The molecule has 1 aromatic heterocycles. The highest BCUT2D eigenvalue weighted by Crippen LogP contribution is 2.16. The molecule has 0 spiro atoms. The lowest BCUT2D eigenvalue weighted by Crippen LogP contribution is -2.48. The third-order valence-corrected chi connectivity index (χ3v) is 3.68.